The van der Waals surface area contributed by atoms with Gasteiger partial charge in [-0.3, -0.25) is 0 Å². The van der Waals surface area contributed by atoms with E-state index in [2.05, 4.69) is 0 Å². The molecule has 1 atom stereocenters. The predicted molar refractivity (Wildman–Crippen MR) is 64.8 cm³/mol. The number of rotatable bonds is 6. The highest BCUT2D eigenvalue weighted by molar-refractivity contribution is 5.53. The van der Waals surface area contributed by atoms with Gasteiger partial charge in [0.25, 0.3) is 0 Å². The third-order valence-corrected chi connectivity index (χ3v) is 2.30. The summed E-state index contributed by atoms with van der Waals surface area (Å²) in [6.45, 7) is 2.19. The summed E-state index contributed by atoms with van der Waals surface area (Å²) >= 11 is 0. The number of aryl methyl sites for hydroxylation is 1. The number of nitrogens with two attached hydrogens (primary N) is 1. The first-order valence-electron chi connectivity index (χ1n) is 5.36. The lowest BCUT2D eigenvalue weighted by Gasteiger charge is -2.16. The molecule has 0 aliphatic rings. The lowest BCUT2D eigenvalue weighted by molar-refractivity contribution is 0.110. The fraction of sp³-hybridized carbons (Fsp3) is 0.500. The molecule has 5 nitrogen and oxygen atoms in total. The van der Waals surface area contributed by atoms with Gasteiger partial charge in [0, 0.05) is 6.54 Å². The van der Waals surface area contributed by atoms with Crippen LogP contribution in [0.25, 0.3) is 0 Å². The molecule has 1 rings (SSSR count). The number of methoxy groups -OCH3 is 2. The van der Waals surface area contributed by atoms with E-state index in [0.29, 0.717) is 17.2 Å². The van der Waals surface area contributed by atoms with Crippen LogP contribution in [0.1, 0.15) is 5.56 Å². The minimum Gasteiger partial charge on any atom is -0.493 e. The minimum atomic E-state index is -0.703. The fourth-order valence-electron chi connectivity index (χ4n) is 1.40. The summed E-state index contributed by atoms with van der Waals surface area (Å²) in [5.74, 6) is 1.63. The first kappa shape index (κ1) is 13.6. The molecule has 0 aliphatic heterocycles. The monoisotopic (exact) mass is 241 g/mol. The van der Waals surface area contributed by atoms with Crippen molar-refractivity contribution in [3.05, 3.63) is 17.7 Å². The van der Waals surface area contributed by atoms with E-state index in [-0.39, 0.29) is 13.2 Å². The van der Waals surface area contributed by atoms with E-state index in [1.54, 1.807) is 14.2 Å². The third-order valence-electron chi connectivity index (χ3n) is 2.30. The molecule has 1 unspecified atom stereocenters. The average Bonchev–Trinajstić information content (AvgIpc) is 2.35. The van der Waals surface area contributed by atoms with Crippen LogP contribution in [-0.4, -0.2) is 38.6 Å². The van der Waals surface area contributed by atoms with E-state index in [1.807, 2.05) is 19.1 Å². The summed E-state index contributed by atoms with van der Waals surface area (Å²) in [5.41, 5.74) is 6.31. The molecule has 17 heavy (non-hydrogen) atoms. The van der Waals surface area contributed by atoms with Crippen molar-refractivity contribution < 1.29 is 19.3 Å². The zero-order valence-electron chi connectivity index (χ0n) is 10.4. The molecule has 1 aromatic carbocycles. The van der Waals surface area contributed by atoms with Gasteiger partial charge < -0.3 is 25.1 Å². The van der Waals surface area contributed by atoms with Gasteiger partial charge in [0.1, 0.15) is 12.7 Å². The lowest BCUT2D eigenvalue weighted by atomic mass is 10.2. The van der Waals surface area contributed by atoms with Gasteiger partial charge in [-0.1, -0.05) is 0 Å². The van der Waals surface area contributed by atoms with E-state index in [4.69, 9.17) is 19.9 Å². The summed E-state index contributed by atoms with van der Waals surface area (Å²) in [6.07, 6.45) is -0.703. The maximum Gasteiger partial charge on any atom is 0.203 e. The molecule has 1 aromatic rings. The van der Waals surface area contributed by atoms with Crippen molar-refractivity contribution in [3.8, 4) is 17.2 Å². The molecule has 0 spiro atoms. The molecule has 5 heteroatoms. The van der Waals surface area contributed by atoms with Gasteiger partial charge in [0.15, 0.2) is 11.5 Å². The Balaban J connectivity index is 2.94. The van der Waals surface area contributed by atoms with Crippen molar-refractivity contribution in [1.29, 1.82) is 0 Å². The molecule has 0 saturated carbocycles. The molecule has 96 valence electrons. The van der Waals surface area contributed by atoms with Crippen LogP contribution in [0.3, 0.4) is 0 Å². The van der Waals surface area contributed by atoms with Gasteiger partial charge >= 0.3 is 0 Å². The van der Waals surface area contributed by atoms with E-state index in [0.717, 1.165) is 5.56 Å². The number of aliphatic hydroxyl groups is 1. The highest BCUT2D eigenvalue weighted by Crippen LogP contribution is 2.38. The Morgan fingerprint density at radius 3 is 2.18 bits per heavy atom. The van der Waals surface area contributed by atoms with Crippen LogP contribution < -0.4 is 19.9 Å². The first-order chi connectivity index (χ1) is 8.12. The van der Waals surface area contributed by atoms with Crippen molar-refractivity contribution in [1.82, 2.24) is 0 Å². The van der Waals surface area contributed by atoms with E-state index < -0.39 is 6.10 Å². The number of hydrogen-bond acceptors (Lipinski definition) is 5. The summed E-state index contributed by atoms with van der Waals surface area (Å²) in [6, 6.07) is 3.68. The van der Waals surface area contributed by atoms with Crippen molar-refractivity contribution >= 4 is 0 Å². The molecule has 0 bridgehead atoms. The van der Waals surface area contributed by atoms with Crippen molar-refractivity contribution in [3.63, 3.8) is 0 Å². The standard InChI is InChI=1S/C12H19NO4/c1-8-4-10(15-2)12(11(5-8)16-3)17-7-9(14)6-13/h4-5,9,14H,6-7,13H2,1-3H3. The van der Waals surface area contributed by atoms with Crippen LogP contribution in [0.15, 0.2) is 12.1 Å². The van der Waals surface area contributed by atoms with E-state index >= 15 is 0 Å². The summed E-state index contributed by atoms with van der Waals surface area (Å²) in [5, 5.41) is 9.37. The summed E-state index contributed by atoms with van der Waals surface area (Å²) < 4.78 is 15.9. The highest BCUT2D eigenvalue weighted by atomic mass is 16.5. The van der Waals surface area contributed by atoms with Crippen molar-refractivity contribution in [2.24, 2.45) is 5.73 Å². The summed E-state index contributed by atoms with van der Waals surface area (Å²) in [7, 11) is 3.11. The molecule has 0 heterocycles. The second-order valence-corrected chi connectivity index (χ2v) is 3.70. The molecular formula is C12H19NO4. The van der Waals surface area contributed by atoms with E-state index in [9.17, 15) is 5.11 Å². The molecular weight excluding hydrogens is 222 g/mol. The van der Waals surface area contributed by atoms with Crippen LogP contribution >= 0.6 is 0 Å². The van der Waals surface area contributed by atoms with Gasteiger partial charge in [0.05, 0.1) is 14.2 Å². The van der Waals surface area contributed by atoms with Crippen LogP contribution in [-0.2, 0) is 0 Å². The zero-order chi connectivity index (χ0) is 12.8. The maximum atomic E-state index is 9.37. The molecule has 0 aliphatic carbocycles. The Kier molecular flexibility index (Phi) is 5.06. The van der Waals surface area contributed by atoms with Crippen LogP contribution in [0.2, 0.25) is 0 Å². The first-order valence-corrected chi connectivity index (χ1v) is 5.36. The third kappa shape index (κ3) is 3.51. The van der Waals surface area contributed by atoms with Crippen molar-refractivity contribution in [2.45, 2.75) is 13.0 Å². The fourth-order valence-corrected chi connectivity index (χ4v) is 1.40. The summed E-state index contributed by atoms with van der Waals surface area (Å²) in [4.78, 5) is 0. The SMILES string of the molecule is COc1cc(C)cc(OC)c1OCC(O)CN. The lowest BCUT2D eigenvalue weighted by Crippen LogP contribution is -2.26. The Hall–Kier alpha value is -1.46. The quantitative estimate of drug-likeness (QED) is 0.767. The molecule has 0 aromatic heterocycles. The number of hydrogen-bond donors (Lipinski definition) is 2. The zero-order valence-corrected chi connectivity index (χ0v) is 10.4. The molecule has 3 N–H and O–H groups in total. The topological polar surface area (TPSA) is 73.9 Å². The average molecular weight is 241 g/mol. The number of aliphatic hydroxyl groups excluding tert-OH is 1. The van der Waals surface area contributed by atoms with Gasteiger partial charge in [-0.2, -0.15) is 0 Å². The molecule has 0 fully saturated rings. The predicted octanol–water partition coefficient (Wildman–Crippen LogP) is 0.711. The van der Waals surface area contributed by atoms with Gasteiger partial charge in [-0.25, -0.2) is 0 Å². The smallest absolute Gasteiger partial charge is 0.203 e. The highest BCUT2D eigenvalue weighted by Gasteiger charge is 2.14. The van der Waals surface area contributed by atoms with E-state index in [1.165, 1.54) is 0 Å². The Morgan fingerprint density at radius 2 is 1.76 bits per heavy atom. The van der Waals surface area contributed by atoms with Crippen LogP contribution in [0, 0.1) is 6.92 Å². The Labute approximate surface area is 101 Å². The molecule has 0 radical (unpaired) electrons. The van der Waals surface area contributed by atoms with Gasteiger partial charge in [-0.15, -0.1) is 0 Å². The second kappa shape index (κ2) is 6.32. The second-order valence-electron chi connectivity index (χ2n) is 3.70. The van der Waals surface area contributed by atoms with Gasteiger partial charge in [-0.05, 0) is 24.6 Å². The Bertz CT molecular complexity index is 343. The van der Waals surface area contributed by atoms with Crippen LogP contribution in [0.4, 0.5) is 0 Å². The number of ether oxygens (including phenoxy) is 3. The van der Waals surface area contributed by atoms with Crippen LogP contribution in [0.5, 0.6) is 17.2 Å². The normalized spacial score (nSPS) is 12.1. The Morgan fingerprint density at radius 1 is 1.24 bits per heavy atom. The number of benzene rings is 1. The van der Waals surface area contributed by atoms with Gasteiger partial charge in [0.2, 0.25) is 5.75 Å². The largest absolute Gasteiger partial charge is 0.493 e. The minimum absolute atomic E-state index is 0.103. The molecule has 0 saturated heterocycles. The van der Waals surface area contributed by atoms with Crippen molar-refractivity contribution in [2.75, 3.05) is 27.4 Å². The maximum absolute atomic E-state index is 9.37. The molecule has 0 amide bonds.